The highest BCUT2D eigenvalue weighted by Gasteiger charge is 2.18. The summed E-state index contributed by atoms with van der Waals surface area (Å²) in [4.78, 5) is 17.5. The van der Waals surface area contributed by atoms with E-state index in [0.717, 1.165) is 24.5 Å². The lowest BCUT2D eigenvalue weighted by Gasteiger charge is -2.24. The van der Waals surface area contributed by atoms with Crippen molar-refractivity contribution in [2.75, 3.05) is 18.0 Å². The standard InChI is InChI=1S/C12H18N2O2/c1-5-14(6-2)10-7-8(3)13-9(4)11(10)12(15)16/h7H,5-6H2,1-4H3,(H,15,16). The van der Waals surface area contributed by atoms with Gasteiger partial charge in [-0.1, -0.05) is 0 Å². The van der Waals surface area contributed by atoms with Crippen LogP contribution in [-0.4, -0.2) is 29.1 Å². The van der Waals surface area contributed by atoms with Gasteiger partial charge in [-0.25, -0.2) is 4.79 Å². The summed E-state index contributed by atoms with van der Waals surface area (Å²) in [5.74, 6) is -0.910. The number of pyridine rings is 1. The Balaban J connectivity index is 3.39. The molecule has 0 saturated carbocycles. The number of anilines is 1. The Labute approximate surface area is 95.9 Å². The minimum absolute atomic E-state index is 0.314. The molecule has 1 N–H and O–H groups in total. The normalized spacial score (nSPS) is 10.2. The van der Waals surface area contributed by atoms with E-state index in [1.54, 1.807) is 6.92 Å². The van der Waals surface area contributed by atoms with Gasteiger partial charge >= 0.3 is 5.97 Å². The Kier molecular flexibility index (Phi) is 3.88. The zero-order chi connectivity index (χ0) is 12.3. The summed E-state index contributed by atoms with van der Waals surface area (Å²) >= 11 is 0. The number of aromatic carboxylic acids is 1. The van der Waals surface area contributed by atoms with E-state index < -0.39 is 5.97 Å². The van der Waals surface area contributed by atoms with Crippen LogP contribution in [0.25, 0.3) is 0 Å². The highest BCUT2D eigenvalue weighted by molar-refractivity contribution is 5.95. The highest BCUT2D eigenvalue weighted by atomic mass is 16.4. The van der Waals surface area contributed by atoms with Crippen LogP contribution in [0.1, 0.15) is 35.6 Å². The van der Waals surface area contributed by atoms with Crippen molar-refractivity contribution < 1.29 is 9.90 Å². The molecular formula is C12H18N2O2. The molecule has 0 spiro atoms. The van der Waals surface area contributed by atoms with Gasteiger partial charge in [0.05, 0.1) is 11.4 Å². The molecule has 0 radical (unpaired) electrons. The molecule has 0 aliphatic carbocycles. The van der Waals surface area contributed by atoms with Crippen LogP contribution < -0.4 is 4.90 Å². The van der Waals surface area contributed by atoms with Crippen LogP contribution >= 0.6 is 0 Å². The Morgan fingerprint density at radius 3 is 2.38 bits per heavy atom. The molecule has 0 aliphatic heterocycles. The van der Waals surface area contributed by atoms with Crippen LogP contribution in [0, 0.1) is 13.8 Å². The topological polar surface area (TPSA) is 53.4 Å². The van der Waals surface area contributed by atoms with Gasteiger partial charge in [-0.05, 0) is 33.8 Å². The number of carboxylic acid groups (broad SMARTS) is 1. The summed E-state index contributed by atoms with van der Waals surface area (Å²) in [6.45, 7) is 9.23. The summed E-state index contributed by atoms with van der Waals surface area (Å²) in [5.41, 5.74) is 2.51. The molecule has 1 aromatic heterocycles. The number of carbonyl (C=O) groups is 1. The van der Waals surface area contributed by atoms with Gasteiger partial charge in [-0.2, -0.15) is 0 Å². The first kappa shape index (κ1) is 12.5. The van der Waals surface area contributed by atoms with Gasteiger partial charge in [-0.3, -0.25) is 4.98 Å². The smallest absolute Gasteiger partial charge is 0.339 e. The first-order chi connectivity index (χ1) is 7.51. The van der Waals surface area contributed by atoms with Crippen molar-refractivity contribution in [1.29, 1.82) is 0 Å². The molecule has 0 saturated heterocycles. The van der Waals surface area contributed by atoms with E-state index in [-0.39, 0.29) is 0 Å². The molecule has 4 nitrogen and oxygen atoms in total. The van der Waals surface area contributed by atoms with Gasteiger partial charge < -0.3 is 10.0 Å². The summed E-state index contributed by atoms with van der Waals surface area (Å²) in [5, 5.41) is 9.21. The molecular weight excluding hydrogens is 204 g/mol. The molecule has 0 aliphatic rings. The molecule has 0 aromatic carbocycles. The second-order valence-electron chi connectivity index (χ2n) is 3.72. The van der Waals surface area contributed by atoms with Crippen molar-refractivity contribution in [3.63, 3.8) is 0 Å². The number of hydrogen-bond donors (Lipinski definition) is 1. The second-order valence-corrected chi connectivity index (χ2v) is 3.72. The molecule has 0 fully saturated rings. The molecule has 1 heterocycles. The predicted molar refractivity (Wildman–Crippen MR) is 64.2 cm³/mol. The Bertz CT molecular complexity index is 398. The molecule has 88 valence electrons. The zero-order valence-electron chi connectivity index (χ0n) is 10.2. The highest BCUT2D eigenvalue weighted by Crippen LogP contribution is 2.23. The summed E-state index contributed by atoms with van der Waals surface area (Å²) in [6.07, 6.45) is 0. The number of carboxylic acids is 1. The minimum Gasteiger partial charge on any atom is -0.478 e. The van der Waals surface area contributed by atoms with Crippen molar-refractivity contribution in [2.45, 2.75) is 27.7 Å². The Morgan fingerprint density at radius 1 is 1.38 bits per heavy atom. The molecule has 0 atom stereocenters. The molecule has 4 heteroatoms. The maximum Gasteiger partial charge on any atom is 0.339 e. The molecule has 1 aromatic rings. The lowest BCUT2D eigenvalue weighted by Crippen LogP contribution is -2.25. The fourth-order valence-corrected chi connectivity index (χ4v) is 1.89. The third kappa shape index (κ3) is 2.32. The largest absolute Gasteiger partial charge is 0.478 e. The maximum atomic E-state index is 11.2. The number of aryl methyl sites for hydroxylation is 2. The average Bonchev–Trinajstić information content (AvgIpc) is 2.17. The molecule has 0 bridgehead atoms. The van der Waals surface area contributed by atoms with E-state index in [9.17, 15) is 9.90 Å². The number of aromatic nitrogens is 1. The van der Waals surface area contributed by atoms with Crippen molar-refractivity contribution in [3.8, 4) is 0 Å². The predicted octanol–water partition coefficient (Wildman–Crippen LogP) is 2.24. The minimum atomic E-state index is -0.910. The SMILES string of the molecule is CCN(CC)c1cc(C)nc(C)c1C(=O)O. The monoisotopic (exact) mass is 222 g/mol. The molecule has 16 heavy (non-hydrogen) atoms. The molecule has 0 amide bonds. The maximum absolute atomic E-state index is 11.2. The van der Waals surface area contributed by atoms with Crippen LogP contribution in [0.15, 0.2) is 6.07 Å². The number of rotatable bonds is 4. The van der Waals surface area contributed by atoms with Gasteiger partial charge in [0.2, 0.25) is 0 Å². The number of nitrogens with zero attached hydrogens (tertiary/aromatic N) is 2. The van der Waals surface area contributed by atoms with E-state index in [0.29, 0.717) is 11.3 Å². The van der Waals surface area contributed by atoms with E-state index in [1.165, 1.54) is 0 Å². The first-order valence-corrected chi connectivity index (χ1v) is 5.47. The van der Waals surface area contributed by atoms with E-state index in [2.05, 4.69) is 4.98 Å². The van der Waals surface area contributed by atoms with Crippen LogP contribution in [0.3, 0.4) is 0 Å². The quantitative estimate of drug-likeness (QED) is 0.848. The summed E-state index contributed by atoms with van der Waals surface area (Å²) in [7, 11) is 0. The van der Waals surface area contributed by atoms with Gasteiger partial charge in [0.15, 0.2) is 0 Å². The molecule has 0 unspecified atom stereocenters. The van der Waals surface area contributed by atoms with Crippen molar-refractivity contribution >= 4 is 11.7 Å². The van der Waals surface area contributed by atoms with E-state index in [1.807, 2.05) is 31.7 Å². The van der Waals surface area contributed by atoms with Gasteiger partial charge in [0, 0.05) is 18.8 Å². The summed E-state index contributed by atoms with van der Waals surface area (Å²) < 4.78 is 0. The average molecular weight is 222 g/mol. The van der Waals surface area contributed by atoms with Crippen molar-refractivity contribution in [1.82, 2.24) is 4.98 Å². The Hall–Kier alpha value is -1.58. The van der Waals surface area contributed by atoms with Crippen LogP contribution in [0.4, 0.5) is 5.69 Å². The first-order valence-electron chi connectivity index (χ1n) is 5.47. The van der Waals surface area contributed by atoms with Crippen molar-refractivity contribution in [3.05, 3.63) is 23.0 Å². The van der Waals surface area contributed by atoms with Crippen LogP contribution in [-0.2, 0) is 0 Å². The number of hydrogen-bond acceptors (Lipinski definition) is 3. The Morgan fingerprint density at radius 2 is 1.94 bits per heavy atom. The summed E-state index contributed by atoms with van der Waals surface area (Å²) in [6, 6.07) is 1.84. The third-order valence-corrected chi connectivity index (χ3v) is 2.63. The lowest BCUT2D eigenvalue weighted by molar-refractivity contribution is 0.0696. The van der Waals surface area contributed by atoms with Gasteiger partial charge in [0.25, 0.3) is 0 Å². The van der Waals surface area contributed by atoms with E-state index in [4.69, 9.17) is 0 Å². The fraction of sp³-hybridized carbons (Fsp3) is 0.500. The van der Waals surface area contributed by atoms with Crippen LogP contribution in [0.2, 0.25) is 0 Å². The molecule has 1 rings (SSSR count). The van der Waals surface area contributed by atoms with Gasteiger partial charge in [0.1, 0.15) is 5.56 Å². The fourth-order valence-electron chi connectivity index (χ4n) is 1.89. The van der Waals surface area contributed by atoms with Gasteiger partial charge in [-0.15, -0.1) is 0 Å². The van der Waals surface area contributed by atoms with Crippen molar-refractivity contribution in [2.24, 2.45) is 0 Å². The second kappa shape index (κ2) is 4.96. The third-order valence-electron chi connectivity index (χ3n) is 2.63. The zero-order valence-corrected chi connectivity index (χ0v) is 10.2. The van der Waals surface area contributed by atoms with Crippen LogP contribution in [0.5, 0.6) is 0 Å². The lowest BCUT2D eigenvalue weighted by atomic mass is 10.1. The van der Waals surface area contributed by atoms with E-state index >= 15 is 0 Å².